The molecule has 0 spiro atoms. The van der Waals surface area contributed by atoms with Gasteiger partial charge in [-0.2, -0.15) is 33.7 Å². The van der Waals surface area contributed by atoms with Crippen LogP contribution in [0, 0.1) is 0 Å². The molecule has 0 radical (unpaired) electrons. The van der Waals surface area contributed by atoms with Crippen LogP contribution in [0.4, 0.5) is 16.2 Å². The molecule has 0 fully saturated rings. The summed E-state index contributed by atoms with van der Waals surface area (Å²) in [6, 6.07) is 16.2. The zero-order valence-electron chi connectivity index (χ0n) is 28.9. The molecule has 0 saturated heterocycles. The Kier molecular flexibility index (Phi) is 11.0. The van der Waals surface area contributed by atoms with Crippen molar-refractivity contribution in [2.45, 2.75) is 20.3 Å². The van der Waals surface area contributed by atoms with Gasteiger partial charge in [-0.3, -0.25) is 27.8 Å². The third-order valence-corrected chi connectivity index (χ3v) is 12.4. The molecular weight excluding hydrogens is 845 g/mol. The summed E-state index contributed by atoms with van der Waals surface area (Å²) in [6.45, 7) is 0. The molecule has 2 aliphatic carbocycles. The van der Waals surface area contributed by atoms with E-state index in [1.54, 1.807) is 0 Å². The molecule has 23 heteroatoms. The highest BCUT2D eigenvalue weighted by Crippen LogP contribution is 2.36. The van der Waals surface area contributed by atoms with Gasteiger partial charge in [0.25, 0.3) is 52.3 Å². The molecule has 0 bridgehead atoms. The lowest BCUT2D eigenvalue weighted by Gasteiger charge is -2.21. The second kappa shape index (κ2) is 15.4. The first kappa shape index (κ1) is 41.6. The van der Waals surface area contributed by atoms with Gasteiger partial charge in [0.05, 0.1) is 11.4 Å². The van der Waals surface area contributed by atoms with Crippen LogP contribution in [0.5, 0.6) is 0 Å². The van der Waals surface area contributed by atoms with E-state index in [0.717, 1.165) is 48.6 Å². The quantitative estimate of drug-likeness (QED) is 0.136. The van der Waals surface area contributed by atoms with E-state index in [1.165, 1.54) is 60.7 Å². The van der Waals surface area contributed by atoms with Gasteiger partial charge in [-0.1, -0.05) is 48.6 Å². The predicted molar refractivity (Wildman–Crippen MR) is 207 cm³/mol. The molecule has 0 saturated carbocycles. The van der Waals surface area contributed by atoms with Gasteiger partial charge in [0.2, 0.25) is 0 Å². The van der Waals surface area contributed by atoms with Gasteiger partial charge in [0, 0.05) is 33.6 Å². The number of urea groups is 1. The van der Waals surface area contributed by atoms with E-state index < -0.39 is 89.7 Å². The number of nitrogens with zero attached hydrogens (tertiary/aromatic N) is 2. The Morgan fingerprint density at radius 2 is 0.879 bits per heavy atom. The van der Waals surface area contributed by atoms with Crippen molar-refractivity contribution in [2.24, 2.45) is 9.98 Å². The van der Waals surface area contributed by atoms with Crippen molar-refractivity contribution in [3.05, 3.63) is 143 Å². The van der Waals surface area contributed by atoms with E-state index in [-0.39, 0.29) is 45.1 Å². The first-order valence-electron chi connectivity index (χ1n) is 16.1. The second-order valence-corrected chi connectivity index (χ2v) is 18.2. The van der Waals surface area contributed by atoms with Crippen LogP contribution < -0.4 is 10.6 Å². The first-order valence-corrected chi connectivity index (χ1v) is 22.0. The molecule has 19 nitrogen and oxygen atoms in total. The van der Waals surface area contributed by atoms with Gasteiger partial charge in [-0.05, 0) is 71.8 Å². The van der Waals surface area contributed by atoms with Crippen LogP contribution >= 0.6 is 0 Å². The van der Waals surface area contributed by atoms with E-state index in [0.29, 0.717) is 0 Å². The summed E-state index contributed by atoms with van der Waals surface area (Å²) in [4.78, 5) is 45.8. The fourth-order valence-electron chi connectivity index (χ4n) is 6.09. The number of aliphatic imine (C=N–C) groups is 2. The average Bonchev–Trinajstić information content (AvgIpc) is 3.13. The van der Waals surface area contributed by atoms with Crippen LogP contribution in [0.15, 0.2) is 129 Å². The van der Waals surface area contributed by atoms with Crippen molar-refractivity contribution < 1.29 is 66.3 Å². The van der Waals surface area contributed by atoms with Crippen LogP contribution in [0.3, 0.4) is 0 Å². The minimum absolute atomic E-state index is 0.0485. The number of hydrogen-bond acceptors (Lipinski definition) is 11. The van der Waals surface area contributed by atoms with Gasteiger partial charge < -0.3 is 10.6 Å². The third kappa shape index (κ3) is 8.90. The Morgan fingerprint density at radius 1 is 0.517 bits per heavy atom. The molecule has 4 amide bonds. The number of carbonyl (C=O) groups is 3. The van der Waals surface area contributed by atoms with E-state index in [4.69, 9.17) is 0 Å². The smallest absolute Gasteiger partial charge is 0.308 e. The van der Waals surface area contributed by atoms with E-state index in [9.17, 15) is 66.3 Å². The fraction of sp³-hybridized carbons (Fsp3) is 0.0571. The minimum atomic E-state index is -4.97. The lowest BCUT2D eigenvalue weighted by atomic mass is 9.94. The maximum atomic E-state index is 13.3. The Balaban J connectivity index is 1.22. The lowest BCUT2D eigenvalue weighted by molar-refractivity contribution is 0.0995. The number of hydrogen-bond donors (Lipinski definition) is 6. The molecule has 2 unspecified atom stereocenters. The van der Waals surface area contributed by atoms with Gasteiger partial charge >= 0.3 is 6.03 Å². The third-order valence-electron chi connectivity index (χ3n) is 8.48. The molecule has 300 valence electrons. The maximum Gasteiger partial charge on any atom is 0.323 e. The number of anilines is 2. The van der Waals surface area contributed by atoms with Gasteiger partial charge in [-0.25, -0.2) is 14.8 Å². The normalized spacial score (nSPS) is 18.0. The van der Waals surface area contributed by atoms with Crippen LogP contribution in [0.25, 0.3) is 0 Å². The first-order chi connectivity index (χ1) is 27.0. The summed E-state index contributed by atoms with van der Waals surface area (Å²) in [7, 11) is -19.5. The largest absolute Gasteiger partial charge is 0.323 e. The molecule has 4 aromatic rings. The zero-order valence-corrected chi connectivity index (χ0v) is 32.1. The van der Waals surface area contributed by atoms with Crippen molar-refractivity contribution in [3.63, 3.8) is 0 Å². The highest BCUT2D eigenvalue weighted by molar-refractivity contribution is 7.87. The number of allylic oxidation sites excluding steroid dienone is 2. The predicted octanol–water partition coefficient (Wildman–Crippen LogP) is 4.08. The maximum absolute atomic E-state index is 13.3. The van der Waals surface area contributed by atoms with Crippen molar-refractivity contribution in [1.82, 2.24) is 0 Å². The van der Waals surface area contributed by atoms with Crippen molar-refractivity contribution in [1.29, 1.82) is 0 Å². The van der Waals surface area contributed by atoms with Gasteiger partial charge in [0.15, 0.2) is 0 Å². The minimum Gasteiger partial charge on any atom is -0.308 e. The molecule has 6 rings (SSSR count). The van der Waals surface area contributed by atoms with Crippen LogP contribution in [0.1, 0.15) is 53.5 Å². The molecule has 0 heterocycles. The van der Waals surface area contributed by atoms with E-state index in [2.05, 4.69) is 20.6 Å². The fourth-order valence-corrected chi connectivity index (χ4v) is 9.14. The number of fused-ring (bicyclic) bond motifs is 2. The summed E-state index contributed by atoms with van der Waals surface area (Å²) in [5, 5.41) is 1.49. The molecule has 0 aromatic heterocycles. The second-order valence-electron chi connectivity index (χ2n) is 12.3. The number of rotatable bonds is 8. The van der Waals surface area contributed by atoms with E-state index in [1.807, 2.05) is 0 Å². The molecule has 6 N–H and O–H groups in total. The monoisotopic (exact) mass is 870 g/mol. The topological polar surface area (TPSA) is 317 Å². The highest BCUT2D eigenvalue weighted by Gasteiger charge is 2.35. The summed E-state index contributed by atoms with van der Waals surface area (Å²) in [5.41, 5.74) is -2.28. The molecule has 0 aliphatic heterocycles. The molecule has 58 heavy (non-hydrogen) atoms. The molecule has 2 atom stereocenters. The van der Waals surface area contributed by atoms with Crippen molar-refractivity contribution in [3.8, 4) is 0 Å². The van der Waals surface area contributed by atoms with Crippen LogP contribution in [-0.4, -0.2) is 81.2 Å². The van der Waals surface area contributed by atoms with Crippen molar-refractivity contribution in [2.75, 3.05) is 10.6 Å². The Hall–Kier alpha value is -6.05. The molecule has 4 aromatic carbocycles. The van der Waals surface area contributed by atoms with Gasteiger partial charge in [0.1, 0.15) is 20.3 Å². The summed E-state index contributed by atoms with van der Waals surface area (Å²) >= 11 is 0. The zero-order chi connectivity index (χ0) is 42.4. The average molecular weight is 871 g/mol. The van der Waals surface area contributed by atoms with Crippen molar-refractivity contribution >= 4 is 81.1 Å². The molecule has 2 aliphatic rings. The summed E-state index contributed by atoms with van der Waals surface area (Å²) < 4.78 is 136. The highest BCUT2D eigenvalue weighted by atomic mass is 32.2. The number of benzene rings is 4. The Bertz CT molecular complexity index is 2830. The van der Waals surface area contributed by atoms with Crippen LogP contribution in [0.2, 0.25) is 0 Å². The van der Waals surface area contributed by atoms with E-state index >= 15 is 0 Å². The number of nitrogens with one attached hydrogen (secondary N) is 2. The Morgan fingerprint density at radius 3 is 1.22 bits per heavy atom. The number of amides is 4. The number of carbonyl (C=O) groups excluding carboxylic acids is 3. The standard InChI is InChI=1S/C35H26N4O15S4/c40-33(38-25-13-15-27(55(43,44)45)23-9-3-11-29(31(23)25)57(49,50)51)19-5-1-7-21(17-19)36-35(42)37-22-8-2-6-20(18-22)34(41)39-26-14-16-28(56(46,47)48)24-10-4-12-30(32(24)26)58(52,53)54/h1-18,27-28H,(H2,36,37,42)(H,43,44,45)(H,46,47,48)(H,49,50,51)(H,52,53,54). The lowest BCUT2D eigenvalue weighted by Crippen LogP contribution is -2.22. The summed E-state index contributed by atoms with van der Waals surface area (Å²) in [6.07, 6.45) is 3.94. The summed E-state index contributed by atoms with van der Waals surface area (Å²) in [5.74, 6) is -1.96. The SMILES string of the molecule is O=C(Nc1cccc(C(=O)N=C2C=CC(S(=O)(=O)O)c3cccc(S(=O)(=O)O)c32)c1)Nc1cccc(C(=O)N=C2C=CC(S(=O)(=O)O)c3cccc(S(=O)(=O)O)c32)c1. The molecular formula is C35H26N4O15S4. The van der Waals surface area contributed by atoms with Crippen LogP contribution in [-0.2, 0) is 40.5 Å². The Labute approximate surface area is 329 Å². The van der Waals surface area contributed by atoms with Gasteiger partial charge in [-0.15, -0.1) is 0 Å².